The van der Waals surface area contributed by atoms with Crippen LogP contribution in [0.1, 0.15) is 30.7 Å². The molecular formula is C25H31N4O5+. The molecule has 4 rings (SSSR count). The standard InChI is InChI=1S/C25H30N4O5/c1-32-20-13-16(14-21(33-2)24(20)34-3)15-26-25(31)19-9-6-12-29(19)23(30)11-10-22-27-17-7-4-5-8-18(17)28-22/h4-5,7-8,13-14,19H,6,9-12,15H2,1-3H3,(H,26,31)(H,27,28)/p+1/t19-/m0/s1. The fraction of sp³-hybridized carbons (Fsp3) is 0.400. The molecule has 9 heteroatoms. The Bertz CT molecular complexity index is 1120. The van der Waals surface area contributed by atoms with Crippen molar-refractivity contribution in [1.29, 1.82) is 0 Å². The normalized spacial score (nSPS) is 15.4. The molecule has 0 spiro atoms. The Morgan fingerprint density at radius 1 is 1.12 bits per heavy atom. The number of nitrogens with zero attached hydrogens (tertiary/aromatic N) is 1. The van der Waals surface area contributed by atoms with Crippen LogP contribution in [0.2, 0.25) is 0 Å². The molecule has 1 atom stereocenters. The smallest absolute Gasteiger partial charge is 0.253 e. The molecule has 0 saturated carbocycles. The first kappa shape index (κ1) is 23.4. The summed E-state index contributed by atoms with van der Waals surface area (Å²) in [4.78, 5) is 34.2. The summed E-state index contributed by atoms with van der Waals surface area (Å²) in [5, 5.41) is 2.96. The third-order valence-electron chi connectivity index (χ3n) is 6.15. The lowest BCUT2D eigenvalue weighted by Crippen LogP contribution is -2.45. The SMILES string of the molecule is COc1cc(CNC(=O)[C@@H]2CCCN2C(=O)CCc2[nH]c3ccccc3[nH+]2)cc(OC)c1OC. The Kier molecular flexibility index (Phi) is 7.20. The average molecular weight is 468 g/mol. The molecule has 180 valence electrons. The number of carbonyl (C=O) groups is 2. The molecule has 1 aliphatic heterocycles. The molecule has 0 unspecified atom stereocenters. The summed E-state index contributed by atoms with van der Waals surface area (Å²) in [7, 11) is 4.65. The highest BCUT2D eigenvalue weighted by Gasteiger charge is 2.34. The van der Waals surface area contributed by atoms with Gasteiger partial charge in [0.2, 0.25) is 17.6 Å². The van der Waals surface area contributed by atoms with Crippen molar-refractivity contribution in [3.63, 3.8) is 0 Å². The number of hydrogen-bond acceptors (Lipinski definition) is 5. The molecule has 2 amide bonds. The van der Waals surface area contributed by atoms with Gasteiger partial charge in [-0.3, -0.25) is 9.59 Å². The molecule has 2 heterocycles. The molecule has 34 heavy (non-hydrogen) atoms. The molecule has 0 radical (unpaired) electrons. The fourth-order valence-corrected chi connectivity index (χ4v) is 4.44. The van der Waals surface area contributed by atoms with Gasteiger partial charge in [-0.05, 0) is 42.7 Å². The molecule has 2 aromatic carbocycles. The number of aromatic nitrogens is 2. The summed E-state index contributed by atoms with van der Waals surface area (Å²) in [6.45, 7) is 0.885. The van der Waals surface area contributed by atoms with Gasteiger partial charge in [-0.15, -0.1) is 0 Å². The van der Waals surface area contributed by atoms with Gasteiger partial charge in [0.05, 0.1) is 27.8 Å². The number of amides is 2. The van der Waals surface area contributed by atoms with Crippen LogP contribution in [0.5, 0.6) is 17.2 Å². The van der Waals surface area contributed by atoms with Crippen LogP contribution in [0.4, 0.5) is 0 Å². The van der Waals surface area contributed by atoms with E-state index in [0.717, 1.165) is 28.8 Å². The summed E-state index contributed by atoms with van der Waals surface area (Å²) in [5.41, 5.74) is 2.83. The van der Waals surface area contributed by atoms with E-state index in [0.29, 0.717) is 43.1 Å². The van der Waals surface area contributed by atoms with Gasteiger partial charge in [-0.25, -0.2) is 9.97 Å². The maximum Gasteiger partial charge on any atom is 0.253 e. The van der Waals surface area contributed by atoms with E-state index >= 15 is 0 Å². The molecule has 1 aromatic heterocycles. The van der Waals surface area contributed by atoms with E-state index in [1.54, 1.807) is 38.4 Å². The number of para-hydroxylation sites is 2. The Labute approximate surface area is 198 Å². The molecule has 9 nitrogen and oxygen atoms in total. The van der Waals surface area contributed by atoms with Crippen LogP contribution in [-0.2, 0) is 22.6 Å². The van der Waals surface area contributed by atoms with Gasteiger partial charge < -0.3 is 24.4 Å². The van der Waals surface area contributed by atoms with Gasteiger partial charge in [0.15, 0.2) is 22.5 Å². The molecule has 0 bridgehead atoms. The zero-order valence-electron chi connectivity index (χ0n) is 19.8. The fourth-order valence-electron chi connectivity index (χ4n) is 4.44. The van der Waals surface area contributed by atoms with Gasteiger partial charge in [-0.1, -0.05) is 12.1 Å². The highest BCUT2D eigenvalue weighted by atomic mass is 16.5. The Morgan fingerprint density at radius 3 is 2.53 bits per heavy atom. The van der Waals surface area contributed by atoms with Crippen molar-refractivity contribution < 1.29 is 28.8 Å². The predicted octanol–water partition coefficient (Wildman–Crippen LogP) is 2.25. The van der Waals surface area contributed by atoms with Crippen LogP contribution < -0.4 is 24.5 Å². The minimum absolute atomic E-state index is 0.0162. The van der Waals surface area contributed by atoms with Gasteiger partial charge in [0.25, 0.3) is 5.82 Å². The second-order valence-electron chi connectivity index (χ2n) is 8.27. The number of nitrogens with one attached hydrogen (secondary N) is 3. The number of fused-ring (bicyclic) bond motifs is 1. The van der Waals surface area contributed by atoms with E-state index < -0.39 is 6.04 Å². The summed E-state index contributed by atoms with van der Waals surface area (Å²) in [6.07, 6.45) is 2.36. The topological polar surface area (TPSA) is 107 Å². The highest BCUT2D eigenvalue weighted by Crippen LogP contribution is 2.38. The number of carbonyl (C=O) groups excluding carboxylic acids is 2. The first-order valence-corrected chi connectivity index (χ1v) is 11.4. The minimum atomic E-state index is -0.457. The Morgan fingerprint density at radius 2 is 1.85 bits per heavy atom. The van der Waals surface area contributed by atoms with Crippen LogP contribution in [0, 0.1) is 0 Å². The molecule has 1 fully saturated rings. The Balaban J connectivity index is 1.36. The lowest BCUT2D eigenvalue weighted by Gasteiger charge is -2.24. The number of aryl methyl sites for hydroxylation is 1. The van der Waals surface area contributed by atoms with Crippen molar-refractivity contribution in [1.82, 2.24) is 15.2 Å². The van der Waals surface area contributed by atoms with Crippen molar-refractivity contribution in [2.45, 2.75) is 38.3 Å². The number of rotatable bonds is 9. The maximum atomic E-state index is 13.0. The average Bonchev–Trinajstić information content (AvgIpc) is 3.52. The highest BCUT2D eigenvalue weighted by molar-refractivity contribution is 5.88. The van der Waals surface area contributed by atoms with E-state index in [4.69, 9.17) is 14.2 Å². The van der Waals surface area contributed by atoms with Crippen molar-refractivity contribution >= 4 is 22.8 Å². The van der Waals surface area contributed by atoms with Crippen LogP contribution >= 0.6 is 0 Å². The lowest BCUT2D eigenvalue weighted by molar-refractivity contribution is -0.357. The van der Waals surface area contributed by atoms with Crippen LogP contribution in [-0.4, -0.2) is 55.6 Å². The minimum Gasteiger partial charge on any atom is -0.493 e. The summed E-state index contributed by atoms with van der Waals surface area (Å²) in [5.74, 6) is 2.28. The Hall–Kier alpha value is -3.75. The largest absolute Gasteiger partial charge is 0.493 e. The van der Waals surface area contributed by atoms with E-state index in [2.05, 4.69) is 15.3 Å². The van der Waals surface area contributed by atoms with E-state index in [9.17, 15) is 9.59 Å². The first-order valence-electron chi connectivity index (χ1n) is 11.4. The molecule has 1 aliphatic rings. The third-order valence-corrected chi connectivity index (χ3v) is 6.15. The zero-order valence-corrected chi connectivity index (χ0v) is 19.8. The van der Waals surface area contributed by atoms with Gasteiger partial charge in [0.1, 0.15) is 6.04 Å². The number of methoxy groups -OCH3 is 3. The zero-order chi connectivity index (χ0) is 24.1. The van der Waals surface area contributed by atoms with E-state index in [1.165, 1.54) is 0 Å². The van der Waals surface area contributed by atoms with Crippen molar-refractivity contribution in [3.05, 3.63) is 47.8 Å². The summed E-state index contributed by atoms with van der Waals surface area (Å²) < 4.78 is 16.1. The third kappa shape index (κ3) is 4.93. The monoisotopic (exact) mass is 467 g/mol. The van der Waals surface area contributed by atoms with Crippen LogP contribution in [0.25, 0.3) is 11.0 Å². The number of likely N-dealkylation sites (tertiary alicyclic amines) is 1. The summed E-state index contributed by atoms with van der Waals surface area (Å²) >= 11 is 0. The number of hydrogen-bond donors (Lipinski definition) is 2. The lowest BCUT2D eigenvalue weighted by atomic mass is 10.1. The van der Waals surface area contributed by atoms with Gasteiger partial charge >= 0.3 is 0 Å². The molecule has 3 aromatic rings. The molecular weight excluding hydrogens is 436 g/mol. The first-order chi connectivity index (χ1) is 16.5. The molecule has 3 N–H and O–H groups in total. The number of ether oxygens (including phenoxy) is 3. The van der Waals surface area contributed by atoms with Crippen molar-refractivity contribution in [2.75, 3.05) is 27.9 Å². The number of aromatic amines is 2. The van der Waals surface area contributed by atoms with Crippen LogP contribution in [0.15, 0.2) is 36.4 Å². The summed E-state index contributed by atoms with van der Waals surface area (Å²) in [6, 6.07) is 11.1. The van der Waals surface area contributed by atoms with Gasteiger partial charge in [0, 0.05) is 19.5 Å². The maximum absolute atomic E-state index is 13.0. The van der Waals surface area contributed by atoms with Crippen molar-refractivity contribution in [2.24, 2.45) is 0 Å². The van der Waals surface area contributed by atoms with Gasteiger partial charge in [-0.2, -0.15) is 0 Å². The van der Waals surface area contributed by atoms with E-state index in [1.807, 2.05) is 24.3 Å². The second-order valence-corrected chi connectivity index (χ2v) is 8.27. The van der Waals surface area contributed by atoms with Crippen molar-refractivity contribution in [3.8, 4) is 17.2 Å². The van der Waals surface area contributed by atoms with Crippen LogP contribution in [0.3, 0.4) is 0 Å². The predicted molar refractivity (Wildman–Crippen MR) is 126 cm³/mol. The number of H-pyrrole nitrogens is 2. The number of benzene rings is 2. The second kappa shape index (κ2) is 10.5. The quantitative estimate of drug-likeness (QED) is 0.502. The van der Waals surface area contributed by atoms with E-state index in [-0.39, 0.29) is 18.4 Å². The molecule has 1 saturated heterocycles. The number of imidazole rings is 1. The molecule has 0 aliphatic carbocycles.